The van der Waals surface area contributed by atoms with E-state index in [1.807, 2.05) is 0 Å². The summed E-state index contributed by atoms with van der Waals surface area (Å²) in [4.78, 5) is 23.9. The number of fused-ring (bicyclic) bond motifs is 1. The van der Waals surface area contributed by atoms with E-state index < -0.39 is 23.3 Å². The van der Waals surface area contributed by atoms with Crippen LogP contribution in [0.1, 0.15) is 39.5 Å². The van der Waals surface area contributed by atoms with Crippen LogP contribution in [-0.2, 0) is 28.5 Å². The summed E-state index contributed by atoms with van der Waals surface area (Å²) in [7, 11) is 1.37. The largest absolute Gasteiger partial charge is 0.468 e. The Hall–Kier alpha value is -1.14. The highest BCUT2D eigenvalue weighted by Gasteiger charge is 2.66. The molecule has 114 valence electrons. The lowest BCUT2D eigenvalue weighted by Crippen LogP contribution is -2.51. The van der Waals surface area contributed by atoms with E-state index in [2.05, 4.69) is 0 Å². The molecule has 1 heterocycles. The van der Waals surface area contributed by atoms with Gasteiger partial charge in [-0.15, -0.1) is 0 Å². The van der Waals surface area contributed by atoms with Crippen molar-refractivity contribution in [3.05, 3.63) is 0 Å². The summed E-state index contributed by atoms with van der Waals surface area (Å²) in [6, 6.07) is 0. The predicted octanol–water partition coefficient (Wildman–Crippen LogP) is 1.41. The Labute approximate surface area is 118 Å². The molecule has 0 aromatic rings. The van der Waals surface area contributed by atoms with E-state index in [9.17, 15) is 9.59 Å². The van der Waals surface area contributed by atoms with Crippen LogP contribution in [0.3, 0.4) is 0 Å². The minimum Gasteiger partial charge on any atom is -0.468 e. The molecule has 0 amide bonds. The van der Waals surface area contributed by atoms with Crippen LogP contribution in [0.5, 0.6) is 0 Å². The molecule has 1 saturated carbocycles. The summed E-state index contributed by atoms with van der Waals surface area (Å²) in [5.41, 5.74) is -0.789. The van der Waals surface area contributed by atoms with Gasteiger partial charge in [-0.2, -0.15) is 0 Å². The first-order chi connectivity index (χ1) is 9.51. The number of hydrogen-bond acceptors (Lipinski definition) is 6. The average Bonchev–Trinajstić information content (AvgIpc) is 2.93. The summed E-state index contributed by atoms with van der Waals surface area (Å²) in [5, 5.41) is 0. The summed E-state index contributed by atoms with van der Waals surface area (Å²) in [6.07, 6.45) is 1.86. The zero-order valence-electron chi connectivity index (χ0n) is 12.3. The quantitative estimate of drug-likeness (QED) is 0.712. The molecule has 20 heavy (non-hydrogen) atoms. The molecule has 0 aromatic heterocycles. The number of carbonyl (C=O) groups excluding carboxylic acids is 2. The van der Waals surface area contributed by atoms with Gasteiger partial charge < -0.3 is 18.9 Å². The topological polar surface area (TPSA) is 71.1 Å². The van der Waals surface area contributed by atoms with Gasteiger partial charge in [-0.05, 0) is 33.1 Å². The number of methoxy groups -OCH3 is 1. The van der Waals surface area contributed by atoms with Crippen molar-refractivity contribution in [2.75, 3.05) is 20.3 Å². The molecule has 1 aliphatic carbocycles. The molecule has 6 heteroatoms. The highest BCUT2D eigenvalue weighted by molar-refractivity contribution is 5.79. The standard InChI is InChI=1S/C14H22O6/c1-4-18-11(15)10(2)20-14-7-5-6-13(14,8-9-19-14)12(16)17-3/h10H,4-9H2,1-3H3/t10?,13?,14-/m1/s1. The molecule has 0 N–H and O–H groups in total. The van der Waals surface area contributed by atoms with E-state index in [1.54, 1.807) is 13.8 Å². The fourth-order valence-electron chi connectivity index (χ4n) is 3.32. The Kier molecular flexibility index (Phi) is 4.34. The van der Waals surface area contributed by atoms with Crippen LogP contribution in [0.4, 0.5) is 0 Å². The van der Waals surface area contributed by atoms with Crippen molar-refractivity contribution < 1.29 is 28.5 Å². The minimum absolute atomic E-state index is 0.294. The molecule has 2 unspecified atom stereocenters. The normalized spacial score (nSPS) is 33.5. The summed E-state index contributed by atoms with van der Waals surface area (Å²) in [5.74, 6) is -1.81. The molecule has 1 aliphatic heterocycles. The fourth-order valence-corrected chi connectivity index (χ4v) is 3.32. The van der Waals surface area contributed by atoms with E-state index in [1.165, 1.54) is 7.11 Å². The van der Waals surface area contributed by atoms with Crippen molar-refractivity contribution in [1.82, 2.24) is 0 Å². The number of hydrogen-bond donors (Lipinski definition) is 0. The van der Waals surface area contributed by atoms with Gasteiger partial charge in [0.25, 0.3) is 0 Å². The van der Waals surface area contributed by atoms with Crippen molar-refractivity contribution >= 4 is 11.9 Å². The lowest BCUT2D eigenvalue weighted by Gasteiger charge is -2.37. The highest BCUT2D eigenvalue weighted by Crippen LogP contribution is 2.57. The SMILES string of the molecule is CCOC(=O)C(C)O[C@]12CCCC1(C(=O)OC)CCO2. The minimum atomic E-state index is -1.05. The molecule has 0 spiro atoms. The summed E-state index contributed by atoms with van der Waals surface area (Å²) in [6.45, 7) is 4.09. The third kappa shape index (κ3) is 2.20. The Balaban J connectivity index is 2.19. The Morgan fingerprint density at radius 1 is 1.30 bits per heavy atom. The van der Waals surface area contributed by atoms with Crippen molar-refractivity contribution in [2.45, 2.75) is 51.4 Å². The van der Waals surface area contributed by atoms with Crippen LogP contribution >= 0.6 is 0 Å². The zero-order valence-corrected chi connectivity index (χ0v) is 12.3. The van der Waals surface area contributed by atoms with Crippen LogP contribution < -0.4 is 0 Å². The Morgan fingerprint density at radius 2 is 2.05 bits per heavy atom. The molecule has 0 radical (unpaired) electrons. The van der Waals surface area contributed by atoms with Gasteiger partial charge in [0.1, 0.15) is 5.41 Å². The van der Waals surface area contributed by atoms with E-state index >= 15 is 0 Å². The Morgan fingerprint density at radius 3 is 2.70 bits per heavy atom. The number of ether oxygens (including phenoxy) is 4. The first-order valence-electron chi connectivity index (χ1n) is 7.08. The first-order valence-corrected chi connectivity index (χ1v) is 7.08. The second-order valence-electron chi connectivity index (χ2n) is 5.29. The van der Waals surface area contributed by atoms with Crippen molar-refractivity contribution in [2.24, 2.45) is 5.41 Å². The van der Waals surface area contributed by atoms with E-state index in [0.29, 0.717) is 32.5 Å². The van der Waals surface area contributed by atoms with Gasteiger partial charge in [0, 0.05) is 6.42 Å². The lowest BCUT2D eigenvalue weighted by molar-refractivity contribution is -0.267. The van der Waals surface area contributed by atoms with Crippen LogP contribution in [0.25, 0.3) is 0 Å². The second kappa shape index (κ2) is 5.69. The smallest absolute Gasteiger partial charge is 0.335 e. The van der Waals surface area contributed by atoms with E-state index in [0.717, 1.165) is 6.42 Å². The average molecular weight is 286 g/mol. The van der Waals surface area contributed by atoms with Crippen LogP contribution in [-0.4, -0.2) is 44.2 Å². The molecule has 6 nitrogen and oxygen atoms in total. The van der Waals surface area contributed by atoms with E-state index in [-0.39, 0.29) is 5.97 Å². The fraction of sp³-hybridized carbons (Fsp3) is 0.857. The number of rotatable bonds is 5. The van der Waals surface area contributed by atoms with Gasteiger partial charge >= 0.3 is 11.9 Å². The van der Waals surface area contributed by atoms with Gasteiger partial charge in [0.2, 0.25) is 0 Å². The first kappa shape index (κ1) is 15.3. The third-order valence-electron chi connectivity index (χ3n) is 4.26. The van der Waals surface area contributed by atoms with Gasteiger partial charge in [-0.25, -0.2) is 4.79 Å². The second-order valence-corrected chi connectivity index (χ2v) is 5.29. The molecular weight excluding hydrogens is 264 g/mol. The Bertz CT molecular complexity index is 381. The van der Waals surface area contributed by atoms with Crippen molar-refractivity contribution in [3.63, 3.8) is 0 Å². The molecule has 2 rings (SSSR count). The van der Waals surface area contributed by atoms with Gasteiger partial charge in [-0.1, -0.05) is 0 Å². The molecule has 0 aromatic carbocycles. The summed E-state index contributed by atoms with van der Waals surface area (Å²) < 4.78 is 21.5. The lowest BCUT2D eigenvalue weighted by atomic mass is 9.80. The predicted molar refractivity (Wildman–Crippen MR) is 68.8 cm³/mol. The van der Waals surface area contributed by atoms with Gasteiger partial charge in [0.15, 0.2) is 11.9 Å². The molecule has 1 saturated heterocycles. The van der Waals surface area contributed by atoms with Crippen LogP contribution in [0.15, 0.2) is 0 Å². The van der Waals surface area contributed by atoms with Crippen LogP contribution in [0, 0.1) is 5.41 Å². The number of carbonyl (C=O) groups is 2. The van der Waals surface area contributed by atoms with E-state index in [4.69, 9.17) is 18.9 Å². The summed E-state index contributed by atoms with van der Waals surface area (Å²) >= 11 is 0. The van der Waals surface area contributed by atoms with Gasteiger partial charge in [-0.3, -0.25) is 4.79 Å². The molecule has 0 bridgehead atoms. The van der Waals surface area contributed by atoms with Gasteiger partial charge in [0.05, 0.1) is 20.3 Å². The molecular formula is C14H22O6. The van der Waals surface area contributed by atoms with Crippen molar-refractivity contribution in [3.8, 4) is 0 Å². The molecule has 3 atom stereocenters. The number of esters is 2. The maximum absolute atomic E-state index is 12.2. The maximum atomic E-state index is 12.2. The van der Waals surface area contributed by atoms with Crippen molar-refractivity contribution in [1.29, 1.82) is 0 Å². The maximum Gasteiger partial charge on any atom is 0.335 e. The molecule has 2 aliphatic rings. The van der Waals surface area contributed by atoms with Crippen LogP contribution in [0.2, 0.25) is 0 Å². The molecule has 2 fully saturated rings. The zero-order chi connectivity index (χ0) is 14.8. The third-order valence-corrected chi connectivity index (χ3v) is 4.26. The monoisotopic (exact) mass is 286 g/mol. The highest BCUT2D eigenvalue weighted by atomic mass is 16.7.